The molecule has 0 radical (unpaired) electrons. The first kappa shape index (κ1) is 21.3. The lowest BCUT2D eigenvalue weighted by atomic mass is 9.77. The van der Waals surface area contributed by atoms with Gasteiger partial charge in [0.05, 0.1) is 5.69 Å². The summed E-state index contributed by atoms with van der Waals surface area (Å²) in [4.78, 5) is 14.7. The highest BCUT2D eigenvalue weighted by Gasteiger charge is 2.38. The number of nitrogens with one attached hydrogen (secondary N) is 2. The van der Waals surface area contributed by atoms with Crippen molar-refractivity contribution in [1.82, 2.24) is 20.3 Å². The summed E-state index contributed by atoms with van der Waals surface area (Å²) in [5.41, 5.74) is 14.9. The minimum atomic E-state index is -0.0830. The lowest BCUT2D eigenvalue weighted by Crippen LogP contribution is -2.41. The molecule has 1 unspecified atom stereocenters. The number of piperidine rings is 1. The fraction of sp³-hybridized carbons (Fsp3) is 0.357. The van der Waals surface area contributed by atoms with Crippen molar-refractivity contribution in [2.75, 3.05) is 31.6 Å². The fourth-order valence-corrected chi connectivity index (χ4v) is 5.93. The molecule has 2 aromatic carbocycles. The molecule has 2 aliphatic rings. The van der Waals surface area contributed by atoms with Gasteiger partial charge in [-0.05, 0) is 73.7 Å². The van der Waals surface area contributed by atoms with Gasteiger partial charge in [-0.15, -0.1) is 0 Å². The molecule has 0 saturated carbocycles. The second-order valence-corrected chi connectivity index (χ2v) is 9.88. The Hall–Kier alpha value is -3.22. The van der Waals surface area contributed by atoms with E-state index in [1.807, 2.05) is 12.3 Å². The number of hydrogen-bond acceptors (Lipinski definition) is 5. The number of nitrogens with zero attached hydrogens (tertiary/aromatic N) is 3. The number of aromatic nitrogens is 3. The summed E-state index contributed by atoms with van der Waals surface area (Å²) in [6.07, 6.45) is 7.90. The Balaban J connectivity index is 1.30. The van der Waals surface area contributed by atoms with Crippen LogP contribution in [0.3, 0.4) is 0 Å². The molecule has 3 heterocycles. The molecule has 0 amide bonds. The molecule has 6 rings (SSSR count). The Labute approximate surface area is 200 Å². The number of aromatic amines is 1. The number of anilines is 1. The van der Waals surface area contributed by atoms with E-state index in [0.717, 1.165) is 48.2 Å². The lowest BCUT2D eigenvalue weighted by molar-refractivity contribution is 0.442. The Morgan fingerprint density at radius 2 is 1.91 bits per heavy atom. The van der Waals surface area contributed by atoms with Crippen molar-refractivity contribution in [3.8, 4) is 11.3 Å². The first-order valence-electron chi connectivity index (χ1n) is 12.3. The van der Waals surface area contributed by atoms with Crippen LogP contribution < -0.4 is 16.0 Å². The highest BCUT2D eigenvalue weighted by Crippen LogP contribution is 2.42. The van der Waals surface area contributed by atoms with Crippen molar-refractivity contribution >= 4 is 16.7 Å². The molecule has 0 bridgehead atoms. The van der Waals surface area contributed by atoms with E-state index in [1.165, 1.54) is 35.2 Å². The third-order valence-electron chi connectivity index (χ3n) is 8.01. The molecule has 1 aliphatic carbocycles. The number of rotatable bonds is 5. The first-order valence-corrected chi connectivity index (χ1v) is 12.3. The van der Waals surface area contributed by atoms with Gasteiger partial charge in [-0.2, -0.15) is 0 Å². The smallest absolute Gasteiger partial charge is 0.141 e. The van der Waals surface area contributed by atoms with Crippen molar-refractivity contribution in [1.29, 1.82) is 0 Å². The van der Waals surface area contributed by atoms with Gasteiger partial charge in [0.2, 0.25) is 0 Å². The van der Waals surface area contributed by atoms with Gasteiger partial charge in [-0.3, -0.25) is 0 Å². The van der Waals surface area contributed by atoms with E-state index in [0.29, 0.717) is 12.6 Å². The maximum atomic E-state index is 6.51. The van der Waals surface area contributed by atoms with Crippen molar-refractivity contribution in [3.63, 3.8) is 0 Å². The highest BCUT2D eigenvalue weighted by atomic mass is 15.1. The molecular weight excluding hydrogens is 420 g/mol. The summed E-state index contributed by atoms with van der Waals surface area (Å²) in [5.74, 6) is 0. The zero-order valence-corrected chi connectivity index (χ0v) is 19.7. The molecule has 4 aromatic rings. The molecule has 34 heavy (non-hydrogen) atoms. The average Bonchev–Trinajstić information content (AvgIpc) is 3.53. The van der Waals surface area contributed by atoms with Gasteiger partial charge in [0.15, 0.2) is 0 Å². The lowest BCUT2D eigenvalue weighted by Gasteiger charge is -2.33. The zero-order valence-electron chi connectivity index (χ0n) is 19.7. The predicted octanol–water partition coefficient (Wildman–Crippen LogP) is 3.81. The van der Waals surface area contributed by atoms with E-state index < -0.39 is 0 Å². The second kappa shape index (κ2) is 8.53. The van der Waals surface area contributed by atoms with Crippen LogP contribution in [-0.4, -0.2) is 47.7 Å². The summed E-state index contributed by atoms with van der Waals surface area (Å²) < 4.78 is 0. The maximum Gasteiger partial charge on any atom is 0.141 e. The van der Waals surface area contributed by atoms with Crippen LogP contribution in [0.4, 0.5) is 5.69 Å². The number of hydrogen-bond donors (Lipinski definition) is 3. The van der Waals surface area contributed by atoms with E-state index in [9.17, 15) is 0 Å². The zero-order chi connectivity index (χ0) is 23.1. The van der Waals surface area contributed by atoms with E-state index in [4.69, 9.17) is 5.73 Å². The van der Waals surface area contributed by atoms with Crippen LogP contribution in [0.15, 0.2) is 61.1 Å². The summed E-state index contributed by atoms with van der Waals surface area (Å²) >= 11 is 0. The van der Waals surface area contributed by atoms with Crippen LogP contribution in [0.2, 0.25) is 0 Å². The van der Waals surface area contributed by atoms with Gasteiger partial charge in [0.1, 0.15) is 12.0 Å². The minimum absolute atomic E-state index is 0.0830. The van der Waals surface area contributed by atoms with E-state index in [-0.39, 0.29) is 5.41 Å². The molecule has 6 nitrogen and oxygen atoms in total. The Morgan fingerprint density at radius 1 is 1.06 bits per heavy atom. The van der Waals surface area contributed by atoms with Crippen molar-refractivity contribution in [2.24, 2.45) is 5.73 Å². The van der Waals surface area contributed by atoms with Crippen LogP contribution >= 0.6 is 0 Å². The molecule has 1 atom stereocenters. The third kappa shape index (κ3) is 3.58. The monoisotopic (exact) mass is 452 g/mol. The summed E-state index contributed by atoms with van der Waals surface area (Å²) in [7, 11) is 2.07. The summed E-state index contributed by atoms with van der Waals surface area (Å²) in [6.45, 7) is 2.85. The molecule has 2 aromatic heterocycles. The quantitative estimate of drug-likeness (QED) is 0.429. The van der Waals surface area contributed by atoms with Gasteiger partial charge >= 0.3 is 0 Å². The van der Waals surface area contributed by atoms with Gasteiger partial charge in [-0.1, -0.05) is 24.3 Å². The second-order valence-electron chi connectivity index (χ2n) is 9.88. The number of nitrogens with two attached hydrogens (primary N) is 1. The van der Waals surface area contributed by atoms with Gasteiger partial charge in [0.25, 0.3) is 0 Å². The van der Waals surface area contributed by atoms with Crippen molar-refractivity contribution in [2.45, 2.75) is 37.1 Å². The van der Waals surface area contributed by atoms with Gasteiger partial charge in [0, 0.05) is 53.9 Å². The third-order valence-corrected chi connectivity index (χ3v) is 8.01. The number of benzene rings is 2. The SMILES string of the molecule is CNC1CCN(c2ccc3c(c2)CC(CN)(c2cccc(-c4ncnc5[nH]ccc45)c2)C3)CC1. The first-order chi connectivity index (χ1) is 16.7. The molecular formula is C28H32N6. The molecule has 6 heteroatoms. The minimum Gasteiger partial charge on any atom is -0.371 e. The van der Waals surface area contributed by atoms with Crippen molar-refractivity contribution in [3.05, 3.63) is 77.7 Å². The normalized spacial score (nSPS) is 20.7. The van der Waals surface area contributed by atoms with E-state index in [2.05, 4.69) is 74.7 Å². The molecule has 1 saturated heterocycles. The van der Waals surface area contributed by atoms with Crippen LogP contribution in [0.1, 0.15) is 29.5 Å². The van der Waals surface area contributed by atoms with Crippen LogP contribution in [0.25, 0.3) is 22.3 Å². The Morgan fingerprint density at radius 3 is 2.74 bits per heavy atom. The van der Waals surface area contributed by atoms with Crippen LogP contribution in [0.5, 0.6) is 0 Å². The summed E-state index contributed by atoms with van der Waals surface area (Å²) in [6, 6.07) is 18.6. The van der Waals surface area contributed by atoms with E-state index in [1.54, 1.807) is 6.33 Å². The largest absolute Gasteiger partial charge is 0.371 e. The predicted molar refractivity (Wildman–Crippen MR) is 138 cm³/mol. The molecule has 1 fully saturated rings. The number of fused-ring (bicyclic) bond motifs is 2. The van der Waals surface area contributed by atoms with Gasteiger partial charge < -0.3 is 20.9 Å². The van der Waals surface area contributed by atoms with Crippen LogP contribution in [0, 0.1) is 0 Å². The van der Waals surface area contributed by atoms with Crippen LogP contribution in [-0.2, 0) is 18.3 Å². The Kier molecular flexibility index (Phi) is 5.35. The Bertz CT molecular complexity index is 1320. The van der Waals surface area contributed by atoms with Gasteiger partial charge in [-0.25, -0.2) is 9.97 Å². The molecule has 1 aliphatic heterocycles. The topological polar surface area (TPSA) is 82.9 Å². The van der Waals surface area contributed by atoms with E-state index >= 15 is 0 Å². The molecule has 174 valence electrons. The molecule has 4 N–H and O–H groups in total. The standard InChI is InChI=1S/C28H32N6/c1-30-23-8-11-34(12-9-23)24-6-5-20-15-28(17-29,16-21(20)14-24)22-4-2-3-19(13-22)26-25-7-10-31-27(25)33-18-32-26/h2-7,10,13-14,18,23,30H,8-9,11-12,15-17,29H2,1H3,(H,31,32,33). The number of H-pyrrole nitrogens is 1. The molecule has 0 spiro atoms. The average molecular weight is 453 g/mol. The maximum absolute atomic E-state index is 6.51. The summed E-state index contributed by atoms with van der Waals surface area (Å²) in [5, 5.41) is 4.47. The highest BCUT2D eigenvalue weighted by molar-refractivity contribution is 5.90. The van der Waals surface area contributed by atoms with Crippen molar-refractivity contribution < 1.29 is 0 Å². The fourth-order valence-electron chi connectivity index (χ4n) is 5.93.